The molecule has 0 N–H and O–H groups in total. The van der Waals surface area contributed by atoms with E-state index in [2.05, 4.69) is 0 Å². The van der Waals surface area contributed by atoms with Gasteiger partial charge < -0.3 is 19.1 Å². The van der Waals surface area contributed by atoms with Gasteiger partial charge in [-0.3, -0.25) is 4.79 Å². The van der Waals surface area contributed by atoms with Gasteiger partial charge in [-0.15, -0.1) is 0 Å². The number of nitrogens with zero attached hydrogens (tertiary/aromatic N) is 1. The van der Waals surface area contributed by atoms with Crippen molar-refractivity contribution in [3.8, 4) is 17.2 Å². The first-order valence-corrected chi connectivity index (χ1v) is 8.57. The summed E-state index contributed by atoms with van der Waals surface area (Å²) in [5.41, 5.74) is 2.08. The fraction of sp³-hybridized carbons (Fsp3) is 0.350. The number of carbonyl (C=O) groups excluding carboxylic acids is 1. The molecule has 1 unspecified atom stereocenters. The van der Waals surface area contributed by atoms with Crippen molar-refractivity contribution in [2.75, 3.05) is 20.8 Å². The quantitative estimate of drug-likeness (QED) is 0.802. The molecule has 1 amide bonds. The minimum Gasteiger partial charge on any atom is -0.493 e. The second-order valence-corrected chi connectivity index (χ2v) is 6.32. The highest BCUT2D eigenvalue weighted by atomic mass is 19.2. The minimum atomic E-state index is -1.01. The molecule has 1 aliphatic heterocycles. The number of fused-ring (bicyclic) bond motifs is 1. The van der Waals surface area contributed by atoms with Crippen LogP contribution in [0.15, 0.2) is 30.3 Å². The number of hydrogen-bond donors (Lipinski definition) is 0. The van der Waals surface area contributed by atoms with E-state index in [1.807, 2.05) is 12.1 Å². The molecule has 2 aromatic carbocycles. The third-order valence-electron chi connectivity index (χ3n) is 4.58. The molecule has 0 fully saturated rings. The zero-order valence-corrected chi connectivity index (χ0v) is 15.4. The molecule has 1 atom stereocenters. The van der Waals surface area contributed by atoms with Crippen LogP contribution in [0.5, 0.6) is 17.2 Å². The molecule has 0 saturated carbocycles. The van der Waals surface area contributed by atoms with E-state index in [-0.39, 0.29) is 11.7 Å². The predicted octanol–water partition coefficient (Wildman–Crippen LogP) is 3.33. The fourth-order valence-electron chi connectivity index (χ4n) is 3.13. The van der Waals surface area contributed by atoms with Crippen molar-refractivity contribution in [1.82, 2.24) is 4.90 Å². The van der Waals surface area contributed by atoms with Gasteiger partial charge in [-0.25, -0.2) is 8.78 Å². The first-order chi connectivity index (χ1) is 12.9. The van der Waals surface area contributed by atoms with Gasteiger partial charge in [0.05, 0.1) is 14.2 Å². The van der Waals surface area contributed by atoms with Crippen LogP contribution in [0.25, 0.3) is 0 Å². The zero-order chi connectivity index (χ0) is 19.6. The van der Waals surface area contributed by atoms with Crippen molar-refractivity contribution in [2.24, 2.45) is 0 Å². The van der Waals surface area contributed by atoms with Crippen molar-refractivity contribution >= 4 is 5.91 Å². The van der Waals surface area contributed by atoms with E-state index >= 15 is 0 Å². The molecule has 27 heavy (non-hydrogen) atoms. The predicted molar refractivity (Wildman–Crippen MR) is 95.1 cm³/mol. The summed E-state index contributed by atoms with van der Waals surface area (Å²) < 4.78 is 42.5. The molecule has 0 bridgehead atoms. The Bertz CT molecular complexity index is 856. The number of amides is 1. The van der Waals surface area contributed by atoms with E-state index in [4.69, 9.17) is 14.2 Å². The smallest absolute Gasteiger partial charge is 0.263 e. The van der Waals surface area contributed by atoms with Gasteiger partial charge in [0.15, 0.2) is 29.2 Å². The summed E-state index contributed by atoms with van der Waals surface area (Å²) in [6.07, 6.45) is -0.143. The number of rotatable bonds is 5. The van der Waals surface area contributed by atoms with Crippen LogP contribution in [-0.4, -0.2) is 37.7 Å². The summed E-state index contributed by atoms with van der Waals surface area (Å²) in [4.78, 5) is 14.4. The average molecular weight is 377 g/mol. The van der Waals surface area contributed by atoms with E-state index in [9.17, 15) is 13.6 Å². The van der Waals surface area contributed by atoms with Crippen LogP contribution >= 0.6 is 0 Å². The average Bonchev–Trinajstić information content (AvgIpc) is 2.68. The maximum absolute atomic E-state index is 13.3. The van der Waals surface area contributed by atoms with Crippen molar-refractivity contribution in [2.45, 2.75) is 26.0 Å². The molecule has 144 valence electrons. The number of carbonyl (C=O) groups is 1. The Balaban J connectivity index is 1.72. The Hall–Kier alpha value is -2.83. The van der Waals surface area contributed by atoms with Crippen molar-refractivity contribution in [3.63, 3.8) is 0 Å². The van der Waals surface area contributed by atoms with Crippen molar-refractivity contribution in [3.05, 3.63) is 53.1 Å². The second kappa shape index (κ2) is 7.82. The molecule has 0 spiro atoms. The van der Waals surface area contributed by atoms with E-state index in [1.54, 1.807) is 26.0 Å². The van der Waals surface area contributed by atoms with Gasteiger partial charge in [0.1, 0.15) is 5.75 Å². The molecule has 2 aromatic rings. The molecule has 0 radical (unpaired) electrons. The molecule has 5 nitrogen and oxygen atoms in total. The van der Waals surface area contributed by atoms with Crippen LogP contribution in [0.4, 0.5) is 8.78 Å². The molecular weight excluding hydrogens is 356 g/mol. The molecule has 1 aliphatic rings. The van der Waals surface area contributed by atoms with Crippen molar-refractivity contribution < 1.29 is 27.8 Å². The number of hydrogen-bond acceptors (Lipinski definition) is 4. The Morgan fingerprint density at radius 3 is 2.33 bits per heavy atom. The van der Waals surface area contributed by atoms with Gasteiger partial charge in [0.2, 0.25) is 0 Å². The zero-order valence-electron chi connectivity index (χ0n) is 15.4. The third kappa shape index (κ3) is 3.97. The fourth-order valence-corrected chi connectivity index (χ4v) is 3.13. The second-order valence-electron chi connectivity index (χ2n) is 6.32. The highest BCUT2D eigenvalue weighted by molar-refractivity contribution is 5.81. The standard InChI is InChI=1S/C20H21F2NO4/c1-12(27-15-4-5-16(21)17(22)10-15)20(24)23-7-6-13-8-18(25-2)19(26-3)9-14(13)11-23/h4-5,8-10,12H,6-7,11H2,1-3H3. The molecule has 3 rings (SSSR count). The Morgan fingerprint density at radius 1 is 1.04 bits per heavy atom. The highest BCUT2D eigenvalue weighted by Gasteiger charge is 2.27. The molecule has 7 heteroatoms. The Morgan fingerprint density at radius 2 is 1.70 bits per heavy atom. The van der Waals surface area contributed by atoms with Gasteiger partial charge in [0.25, 0.3) is 5.91 Å². The highest BCUT2D eigenvalue weighted by Crippen LogP contribution is 2.33. The number of ether oxygens (including phenoxy) is 3. The molecular formula is C20H21F2NO4. The molecule has 1 heterocycles. The lowest BCUT2D eigenvalue weighted by atomic mass is 9.98. The Labute approximate surface area is 156 Å². The van der Waals surface area contributed by atoms with Gasteiger partial charge in [-0.1, -0.05) is 0 Å². The SMILES string of the molecule is COc1cc2c(cc1OC)CN(C(=O)C(C)Oc1ccc(F)c(F)c1)CC2. The number of benzene rings is 2. The van der Waals surface area contributed by atoms with Crippen LogP contribution < -0.4 is 14.2 Å². The first-order valence-electron chi connectivity index (χ1n) is 8.57. The summed E-state index contributed by atoms with van der Waals surface area (Å²) in [7, 11) is 3.15. The van der Waals surface area contributed by atoms with Crippen LogP contribution in [0.2, 0.25) is 0 Å². The van der Waals surface area contributed by atoms with Gasteiger partial charge in [-0.2, -0.15) is 0 Å². The van der Waals surface area contributed by atoms with E-state index < -0.39 is 17.7 Å². The maximum Gasteiger partial charge on any atom is 0.263 e. The molecule has 0 aliphatic carbocycles. The summed E-state index contributed by atoms with van der Waals surface area (Å²) in [5, 5.41) is 0. The maximum atomic E-state index is 13.3. The summed E-state index contributed by atoms with van der Waals surface area (Å²) in [6, 6.07) is 7.00. The largest absolute Gasteiger partial charge is 0.493 e. The first kappa shape index (κ1) is 18.9. The lowest BCUT2D eigenvalue weighted by Gasteiger charge is -2.31. The van der Waals surface area contributed by atoms with Crippen LogP contribution in [0, 0.1) is 11.6 Å². The summed E-state index contributed by atoms with van der Waals surface area (Å²) >= 11 is 0. The third-order valence-corrected chi connectivity index (χ3v) is 4.58. The number of halogens is 2. The topological polar surface area (TPSA) is 48.0 Å². The lowest BCUT2D eigenvalue weighted by molar-refractivity contribution is -0.138. The normalized spacial score (nSPS) is 14.3. The van der Waals surface area contributed by atoms with Gasteiger partial charge in [-0.05, 0) is 48.7 Å². The van der Waals surface area contributed by atoms with Crippen LogP contribution in [0.1, 0.15) is 18.1 Å². The van der Waals surface area contributed by atoms with Crippen LogP contribution in [0.3, 0.4) is 0 Å². The van der Waals surface area contributed by atoms with Crippen LogP contribution in [-0.2, 0) is 17.8 Å². The summed E-state index contributed by atoms with van der Waals surface area (Å²) in [5.74, 6) is -0.820. The van der Waals surface area contributed by atoms with E-state index in [1.165, 1.54) is 6.07 Å². The van der Waals surface area contributed by atoms with Crippen molar-refractivity contribution in [1.29, 1.82) is 0 Å². The van der Waals surface area contributed by atoms with Gasteiger partial charge >= 0.3 is 0 Å². The van der Waals surface area contributed by atoms with Gasteiger partial charge in [0, 0.05) is 19.2 Å². The Kier molecular flexibility index (Phi) is 5.48. The summed E-state index contributed by atoms with van der Waals surface area (Å²) in [6.45, 7) is 2.54. The minimum absolute atomic E-state index is 0.110. The van der Waals surface area contributed by atoms with E-state index in [0.29, 0.717) is 31.0 Å². The van der Waals surface area contributed by atoms with E-state index in [0.717, 1.165) is 23.3 Å². The molecule has 0 saturated heterocycles. The lowest BCUT2D eigenvalue weighted by Crippen LogP contribution is -2.43. The monoisotopic (exact) mass is 377 g/mol. The molecule has 0 aromatic heterocycles. The number of methoxy groups -OCH3 is 2.